The number of fused-ring (bicyclic) bond motifs is 1. The van der Waals surface area contributed by atoms with E-state index in [4.69, 9.17) is 4.74 Å². The van der Waals surface area contributed by atoms with E-state index in [2.05, 4.69) is 29.2 Å². The number of ketones is 1. The van der Waals surface area contributed by atoms with E-state index in [-0.39, 0.29) is 18.1 Å². The van der Waals surface area contributed by atoms with Gasteiger partial charge in [0.05, 0.1) is 13.2 Å². The largest absolute Gasteiger partial charge is 0.372 e. The molecule has 2 aromatic carbocycles. The number of rotatable bonds is 5. The van der Waals surface area contributed by atoms with E-state index in [1.54, 1.807) is 0 Å². The summed E-state index contributed by atoms with van der Waals surface area (Å²) in [5.74, 6) is -0.990. The maximum absolute atomic E-state index is 13.7. The summed E-state index contributed by atoms with van der Waals surface area (Å²) in [6.45, 7) is 1.97. The van der Waals surface area contributed by atoms with Crippen molar-refractivity contribution in [3.63, 3.8) is 0 Å². The Bertz CT molecular complexity index is 861. The van der Waals surface area contributed by atoms with Crippen molar-refractivity contribution in [1.29, 1.82) is 0 Å². The second-order valence-electron chi connectivity index (χ2n) is 5.40. The van der Waals surface area contributed by atoms with Gasteiger partial charge in [-0.1, -0.05) is 36.4 Å². The van der Waals surface area contributed by atoms with Crippen LogP contribution in [0.1, 0.15) is 28.5 Å². The first-order valence-corrected chi connectivity index (χ1v) is 7.34. The molecule has 0 saturated carbocycles. The van der Waals surface area contributed by atoms with Gasteiger partial charge in [-0.15, -0.1) is 0 Å². The van der Waals surface area contributed by atoms with Crippen molar-refractivity contribution in [3.05, 3.63) is 77.4 Å². The highest BCUT2D eigenvalue weighted by Gasteiger charge is 2.09. The third-order valence-corrected chi connectivity index (χ3v) is 3.58. The molecule has 0 bridgehead atoms. The molecule has 0 amide bonds. The number of ether oxygens (including phenoxy) is 1. The number of Topliss-reactive ketones (excluding diaryl/α,β-unsaturated/α-hetero) is 1. The van der Waals surface area contributed by atoms with E-state index < -0.39 is 5.82 Å². The van der Waals surface area contributed by atoms with Crippen molar-refractivity contribution in [1.82, 2.24) is 4.98 Å². The lowest BCUT2D eigenvalue weighted by atomic mass is 10.1. The van der Waals surface area contributed by atoms with Gasteiger partial charge in [-0.25, -0.2) is 9.37 Å². The Balaban J connectivity index is 1.64. The van der Waals surface area contributed by atoms with Crippen molar-refractivity contribution in [3.8, 4) is 0 Å². The Morgan fingerprint density at radius 2 is 1.78 bits per heavy atom. The minimum Gasteiger partial charge on any atom is -0.372 e. The van der Waals surface area contributed by atoms with Gasteiger partial charge in [0.1, 0.15) is 5.69 Å². The topological polar surface area (TPSA) is 39.2 Å². The number of nitrogens with zero attached hydrogens (tertiary/aromatic N) is 1. The van der Waals surface area contributed by atoms with Crippen LogP contribution in [-0.4, -0.2) is 10.8 Å². The Morgan fingerprint density at radius 3 is 2.52 bits per heavy atom. The fraction of sp³-hybridized carbons (Fsp3) is 0.158. The molecular formula is C19H16FNO2. The molecule has 1 aromatic heterocycles. The normalized spacial score (nSPS) is 10.9. The standard InChI is InChI=1S/C19H16FNO2/c1-13(22)19-18(20)9-15(10-21-19)12-23-11-14-6-7-16-4-2-3-5-17(16)8-14/h2-10H,11-12H2,1H3. The average Bonchev–Trinajstić information content (AvgIpc) is 2.54. The Kier molecular flexibility index (Phi) is 4.44. The highest BCUT2D eigenvalue weighted by molar-refractivity contribution is 5.92. The van der Waals surface area contributed by atoms with Crippen LogP contribution in [0.3, 0.4) is 0 Å². The summed E-state index contributed by atoms with van der Waals surface area (Å²) in [4.78, 5) is 15.0. The molecule has 3 nitrogen and oxygen atoms in total. The van der Waals surface area contributed by atoms with Crippen LogP contribution in [0.4, 0.5) is 4.39 Å². The molecule has 1 heterocycles. The number of hydrogen-bond acceptors (Lipinski definition) is 3. The zero-order chi connectivity index (χ0) is 16.2. The zero-order valence-corrected chi connectivity index (χ0v) is 12.8. The van der Waals surface area contributed by atoms with Crippen LogP contribution in [0.25, 0.3) is 10.8 Å². The number of carbonyl (C=O) groups excluding carboxylic acids is 1. The lowest BCUT2D eigenvalue weighted by Crippen LogP contribution is -2.03. The van der Waals surface area contributed by atoms with Crippen LogP contribution in [0.2, 0.25) is 0 Å². The van der Waals surface area contributed by atoms with Crippen molar-refractivity contribution >= 4 is 16.6 Å². The molecule has 3 rings (SSSR count). The number of carbonyl (C=O) groups is 1. The third-order valence-electron chi connectivity index (χ3n) is 3.58. The summed E-state index contributed by atoms with van der Waals surface area (Å²) in [5, 5.41) is 2.34. The SMILES string of the molecule is CC(=O)c1ncc(COCc2ccc3ccccc3c2)cc1F. The fourth-order valence-corrected chi connectivity index (χ4v) is 2.43. The summed E-state index contributed by atoms with van der Waals surface area (Å²) < 4.78 is 19.3. The number of aromatic nitrogens is 1. The Hall–Kier alpha value is -2.59. The van der Waals surface area contributed by atoms with Crippen LogP contribution in [0.5, 0.6) is 0 Å². The number of hydrogen-bond donors (Lipinski definition) is 0. The first kappa shape index (κ1) is 15.3. The van der Waals surface area contributed by atoms with Gasteiger partial charge in [-0.3, -0.25) is 4.79 Å². The molecule has 0 aliphatic rings. The number of pyridine rings is 1. The van der Waals surface area contributed by atoms with Gasteiger partial charge in [-0.2, -0.15) is 0 Å². The van der Waals surface area contributed by atoms with E-state index in [0.717, 1.165) is 10.9 Å². The van der Waals surface area contributed by atoms with Gasteiger partial charge < -0.3 is 4.74 Å². The monoisotopic (exact) mass is 309 g/mol. The molecule has 0 aliphatic carbocycles. The van der Waals surface area contributed by atoms with Gasteiger partial charge in [0.2, 0.25) is 0 Å². The molecule has 0 atom stereocenters. The van der Waals surface area contributed by atoms with E-state index in [1.807, 2.05) is 18.2 Å². The van der Waals surface area contributed by atoms with Crippen molar-refractivity contribution in [2.45, 2.75) is 20.1 Å². The van der Waals surface area contributed by atoms with Crippen molar-refractivity contribution in [2.24, 2.45) is 0 Å². The van der Waals surface area contributed by atoms with Crippen LogP contribution in [-0.2, 0) is 18.0 Å². The maximum Gasteiger partial charge on any atom is 0.181 e. The molecule has 0 unspecified atom stereocenters. The molecule has 0 N–H and O–H groups in total. The number of benzene rings is 2. The van der Waals surface area contributed by atoms with Gasteiger partial charge in [0.25, 0.3) is 0 Å². The second kappa shape index (κ2) is 6.67. The van der Waals surface area contributed by atoms with E-state index in [0.29, 0.717) is 12.2 Å². The maximum atomic E-state index is 13.7. The van der Waals surface area contributed by atoms with Crippen molar-refractivity contribution in [2.75, 3.05) is 0 Å². The summed E-state index contributed by atoms with van der Waals surface area (Å²) >= 11 is 0. The fourth-order valence-electron chi connectivity index (χ4n) is 2.43. The van der Waals surface area contributed by atoms with Crippen LogP contribution in [0, 0.1) is 5.82 Å². The lowest BCUT2D eigenvalue weighted by Gasteiger charge is -2.07. The lowest BCUT2D eigenvalue weighted by molar-refractivity contribution is 0.100. The summed E-state index contributed by atoms with van der Waals surface area (Å²) in [6.07, 6.45) is 1.47. The predicted molar refractivity (Wildman–Crippen MR) is 86.6 cm³/mol. The zero-order valence-electron chi connectivity index (χ0n) is 12.8. The molecule has 0 fully saturated rings. The molecule has 116 valence electrons. The highest BCUT2D eigenvalue weighted by atomic mass is 19.1. The molecule has 0 radical (unpaired) electrons. The Morgan fingerprint density at radius 1 is 1.04 bits per heavy atom. The summed E-state index contributed by atoms with van der Waals surface area (Å²) in [6, 6.07) is 15.6. The highest BCUT2D eigenvalue weighted by Crippen LogP contribution is 2.17. The van der Waals surface area contributed by atoms with Crippen LogP contribution in [0.15, 0.2) is 54.7 Å². The minimum atomic E-state index is -0.607. The summed E-state index contributed by atoms with van der Waals surface area (Å²) in [5.41, 5.74) is 1.52. The summed E-state index contributed by atoms with van der Waals surface area (Å²) in [7, 11) is 0. The van der Waals surface area contributed by atoms with Crippen LogP contribution >= 0.6 is 0 Å². The number of halogens is 1. The predicted octanol–water partition coefficient (Wildman–Crippen LogP) is 4.29. The molecule has 0 aliphatic heterocycles. The average molecular weight is 309 g/mol. The first-order chi connectivity index (χ1) is 11.1. The smallest absolute Gasteiger partial charge is 0.181 e. The van der Waals surface area contributed by atoms with Crippen molar-refractivity contribution < 1.29 is 13.9 Å². The third kappa shape index (κ3) is 3.60. The molecule has 0 spiro atoms. The van der Waals surface area contributed by atoms with Gasteiger partial charge in [-0.05, 0) is 34.0 Å². The van der Waals surface area contributed by atoms with Crippen LogP contribution < -0.4 is 0 Å². The quantitative estimate of drug-likeness (QED) is 0.660. The Labute approximate surface area is 133 Å². The van der Waals surface area contributed by atoms with E-state index in [1.165, 1.54) is 24.6 Å². The first-order valence-electron chi connectivity index (χ1n) is 7.34. The molecule has 0 saturated heterocycles. The molecule has 3 aromatic rings. The second-order valence-corrected chi connectivity index (χ2v) is 5.40. The molecule has 23 heavy (non-hydrogen) atoms. The van der Waals surface area contributed by atoms with Gasteiger partial charge in [0, 0.05) is 13.1 Å². The van der Waals surface area contributed by atoms with E-state index in [9.17, 15) is 9.18 Å². The van der Waals surface area contributed by atoms with Gasteiger partial charge >= 0.3 is 0 Å². The van der Waals surface area contributed by atoms with Gasteiger partial charge in [0.15, 0.2) is 11.6 Å². The molecule has 4 heteroatoms. The van der Waals surface area contributed by atoms with E-state index >= 15 is 0 Å². The minimum absolute atomic E-state index is 0.136. The molecular weight excluding hydrogens is 293 g/mol.